The maximum atomic E-state index is 5.02. The third kappa shape index (κ3) is 2.21. The van der Waals surface area contributed by atoms with Crippen LogP contribution in [0.25, 0.3) is 0 Å². The Morgan fingerprint density at radius 2 is 2.38 bits per heavy atom. The first-order valence-electron chi connectivity index (χ1n) is 5.55. The van der Waals surface area contributed by atoms with Gasteiger partial charge in [-0.05, 0) is 25.7 Å². The summed E-state index contributed by atoms with van der Waals surface area (Å²) >= 11 is 1.86. The molecular weight excluding hydrogens is 224 g/mol. The number of aliphatic imine (C=N–C) groups is 1. The van der Waals surface area contributed by atoms with Gasteiger partial charge in [0.1, 0.15) is 0 Å². The Labute approximate surface area is 98.1 Å². The maximum Gasteiger partial charge on any atom is 0.245 e. The Morgan fingerprint density at radius 3 is 3.06 bits per heavy atom. The normalized spacial score (nSPS) is 24.6. The molecular formula is C10H14N4OS. The Kier molecular flexibility index (Phi) is 2.59. The molecule has 1 N–H and O–H groups in total. The number of amidine groups is 1. The molecule has 0 spiro atoms. The van der Waals surface area contributed by atoms with Gasteiger partial charge in [-0.15, -0.1) is 0 Å². The highest BCUT2D eigenvalue weighted by Gasteiger charge is 2.35. The second kappa shape index (κ2) is 4.08. The third-order valence-electron chi connectivity index (χ3n) is 2.79. The molecule has 6 heteroatoms. The first kappa shape index (κ1) is 10.1. The van der Waals surface area contributed by atoms with E-state index in [4.69, 9.17) is 4.52 Å². The van der Waals surface area contributed by atoms with Crippen molar-refractivity contribution in [3.05, 3.63) is 11.7 Å². The van der Waals surface area contributed by atoms with Crippen LogP contribution in [0.5, 0.6) is 0 Å². The van der Waals surface area contributed by atoms with Crippen molar-refractivity contribution >= 4 is 16.9 Å². The minimum Gasteiger partial charge on any atom is -0.356 e. The van der Waals surface area contributed by atoms with Crippen molar-refractivity contribution in [1.29, 1.82) is 0 Å². The quantitative estimate of drug-likeness (QED) is 0.861. The lowest BCUT2D eigenvalue weighted by molar-refractivity contribution is 0.372. The molecule has 1 saturated carbocycles. The van der Waals surface area contributed by atoms with Crippen LogP contribution in [0.3, 0.4) is 0 Å². The Morgan fingerprint density at radius 1 is 1.50 bits per heavy atom. The van der Waals surface area contributed by atoms with E-state index in [1.807, 2.05) is 18.7 Å². The zero-order valence-corrected chi connectivity index (χ0v) is 9.96. The van der Waals surface area contributed by atoms with Gasteiger partial charge >= 0.3 is 0 Å². The van der Waals surface area contributed by atoms with E-state index in [0.29, 0.717) is 23.5 Å². The molecule has 1 aromatic rings. The lowest BCUT2D eigenvalue weighted by Gasteiger charge is -2.05. The molecule has 2 heterocycles. The molecule has 1 aliphatic carbocycles. The number of hydrogen-bond acceptors (Lipinski definition) is 6. The average molecular weight is 238 g/mol. The molecule has 86 valence electrons. The molecule has 1 unspecified atom stereocenters. The lowest BCUT2D eigenvalue weighted by atomic mass is 10.3. The van der Waals surface area contributed by atoms with Crippen LogP contribution in [-0.2, 0) is 6.54 Å². The van der Waals surface area contributed by atoms with E-state index in [-0.39, 0.29) is 0 Å². The van der Waals surface area contributed by atoms with Crippen molar-refractivity contribution in [2.45, 2.75) is 31.6 Å². The minimum absolute atomic E-state index is 0.573. The van der Waals surface area contributed by atoms with Crippen LogP contribution in [0.4, 0.5) is 0 Å². The molecule has 0 bridgehead atoms. The van der Waals surface area contributed by atoms with Gasteiger partial charge in [0.2, 0.25) is 5.89 Å². The maximum absolute atomic E-state index is 5.02. The summed E-state index contributed by atoms with van der Waals surface area (Å²) in [6, 6.07) is 0. The van der Waals surface area contributed by atoms with Crippen molar-refractivity contribution in [3.63, 3.8) is 0 Å². The monoisotopic (exact) mass is 238 g/mol. The van der Waals surface area contributed by atoms with Gasteiger partial charge in [0, 0.05) is 5.25 Å². The number of nitrogens with zero attached hydrogens (tertiary/aromatic N) is 3. The smallest absolute Gasteiger partial charge is 0.245 e. The molecule has 1 atom stereocenters. The molecule has 5 nitrogen and oxygen atoms in total. The summed E-state index contributed by atoms with van der Waals surface area (Å²) < 4.78 is 5.02. The predicted octanol–water partition coefficient (Wildman–Crippen LogP) is 1.35. The van der Waals surface area contributed by atoms with Gasteiger partial charge in [-0.25, -0.2) is 0 Å². The van der Waals surface area contributed by atoms with E-state index < -0.39 is 0 Å². The number of aromatic nitrogens is 2. The fourth-order valence-electron chi connectivity index (χ4n) is 1.76. The topological polar surface area (TPSA) is 63.3 Å². The van der Waals surface area contributed by atoms with Crippen molar-refractivity contribution in [2.75, 3.05) is 6.54 Å². The van der Waals surface area contributed by atoms with E-state index in [9.17, 15) is 0 Å². The van der Waals surface area contributed by atoms with Gasteiger partial charge in [-0.1, -0.05) is 16.9 Å². The summed E-state index contributed by atoms with van der Waals surface area (Å²) in [4.78, 5) is 8.61. The Hall–Kier alpha value is -1.04. The molecule has 0 radical (unpaired) electrons. The zero-order chi connectivity index (χ0) is 11.0. The molecule has 1 fully saturated rings. The van der Waals surface area contributed by atoms with E-state index >= 15 is 0 Å². The highest BCUT2D eigenvalue weighted by molar-refractivity contribution is 8.14. The molecule has 16 heavy (non-hydrogen) atoms. The first-order chi connectivity index (χ1) is 7.81. The lowest BCUT2D eigenvalue weighted by Crippen LogP contribution is -2.19. The Bertz CT molecular complexity index is 413. The van der Waals surface area contributed by atoms with Crippen LogP contribution in [0.15, 0.2) is 9.52 Å². The molecule has 0 saturated heterocycles. The average Bonchev–Trinajstić information content (AvgIpc) is 2.87. The SMILES string of the molecule is Cc1noc(CNC2=NCC(C3CC3)S2)n1. The van der Waals surface area contributed by atoms with Crippen molar-refractivity contribution in [1.82, 2.24) is 15.5 Å². The number of aryl methyl sites for hydroxylation is 1. The standard InChI is InChI=1S/C10H14N4OS/c1-6-13-9(15-14-6)5-12-10-11-4-8(16-10)7-2-3-7/h7-8H,2-5H2,1H3,(H,11,12). The van der Waals surface area contributed by atoms with Gasteiger partial charge < -0.3 is 9.84 Å². The summed E-state index contributed by atoms with van der Waals surface area (Å²) in [7, 11) is 0. The van der Waals surface area contributed by atoms with E-state index in [2.05, 4.69) is 20.4 Å². The second-order valence-corrected chi connectivity index (χ2v) is 5.46. The predicted molar refractivity (Wildman–Crippen MR) is 62.3 cm³/mol. The largest absolute Gasteiger partial charge is 0.356 e. The van der Waals surface area contributed by atoms with Gasteiger partial charge in [0.25, 0.3) is 0 Å². The van der Waals surface area contributed by atoms with Crippen LogP contribution in [0.2, 0.25) is 0 Å². The summed E-state index contributed by atoms with van der Waals surface area (Å²) in [5, 5.41) is 8.70. The van der Waals surface area contributed by atoms with E-state index in [1.165, 1.54) is 12.8 Å². The third-order valence-corrected chi connectivity index (χ3v) is 4.12. The number of hydrogen-bond donors (Lipinski definition) is 1. The molecule has 1 aromatic heterocycles. The van der Waals surface area contributed by atoms with Crippen molar-refractivity contribution in [3.8, 4) is 0 Å². The molecule has 0 amide bonds. The van der Waals surface area contributed by atoms with Crippen LogP contribution in [-0.4, -0.2) is 27.1 Å². The van der Waals surface area contributed by atoms with Crippen LogP contribution < -0.4 is 5.32 Å². The van der Waals surface area contributed by atoms with Crippen molar-refractivity contribution < 1.29 is 4.52 Å². The van der Waals surface area contributed by atoms with Gasteiger partial charge in [-0.3, -0.25) is 4.99 Å². The zero-order valence-electron chi connectivity index (χ0n) is 9.14. The number of thioether (sulfide) groups is 1. The van der Waals surface area contributed by atoms with Crippen LogP contribution in [0, 0.1) is 12.8 Å². The second-order valence-electron chi connectivity index (χ2n) is 4.23. The summed E-state index contributed by atoms with van der Waals surface area (Å²) in [6.45, 7) is 3.35. The molecule has 3 rings (SSSR count). The van der Waals surface area contributed by atoms with Crippen LogP contribution in [0.1, 0.15) is 24.6 Å². The summed E-state index contributed by atoms with van der Waals surface area (Å²) in [6.07, 6.45) is 2.76. The molecule has 0 aromatic carbocycles. The fraction of sp³-hybridized carbons (Fsp3) is 0.700. The van der Waals surface area contributed by atoms with E-state index in [1.54, 1.807) is 0 Å². The molecule has 1 aliphatic heterocycles. The highest BCUT2D eigenvalue weighted by atomic mass is 32.2. The summed E-state index contributed by atoms with van der Waals surface area (Å²) in [5.41, 5.74) is 0. The van der Waals surface area contributed by atoms with Crippen LogP contribution >= 0.6 is 11.8 Å². The van der Waals surface area contributed by atoms with Crippen molar-refractivity contribution in [2.24, 2.45) is 10.9 Å². The fourth-order valence-corrected chi connectivity index (χ4v) is 2.97. The first-order valence-corrected chi connectivity index (χ1v) is 6.43. The molecule has 2 aliphatic rings. The highest BCUT2D eigenvalue weighted by Crippen LogP contribution is 2.41. The van der Waals surface area contributed by atoms with Gasteiger partial charge in [0.05, 0.1) is 13.1 Å². The Balaban J connectivity index is 1.49. The minimum atomic E-state index is 0.573. The van der Waals surface area contributed by atoms with Gasteiger partial charge in [0.15, 0.2) is 11.0 Å². The van der Waals surface area contributed by atoms with E-state index in [0.717, 1.165) is 17.6 Å². The number of rotatable bonds is 3. The summed E-state index contributed by atoms with van der Waals surface area (Å²) in [5.74, 6) is 2.20. The number of nitrogens with one attached hydrogen (secondary N) is 1. The van der Waals surface area contributed by atoms with Gasteiger partial charge in [-0.2, -0.15) is 4.98 Å².